The standard InChI is InChI=1S/C12H9BrI2/c13-11-8-12(14,15)7-6-10(11)9-4-2-1-3-5-9/h1-8,10H. The molecule has 0 radical (unpaired) electrons. The third kappa shape index (κ3) is 3.06. The van der Waals surface area contributed by atoms with Crippen LogP contribution >= 0.6 is 61.1 Å². The van der Waals surface area contributed by atoms with E-state index in [2.05, 4.69) is 110 Å². The Morgan fingerprint density at radius 2 is 1.80 bits per heavy atom. The Bertz CT molecular complexity index is 407. The average molecular weight is 487 g/mol. The number of alkyl halides is 2. The molecule has 0 amide bonds. The molecule has 3 heteroatoms. The van der Waals surface area contributed by atoms with Gasteiger partial charge in [0.2, 0.25) is 0 Å². The molecule has 0 saturated carbocycles. The van der Waals surface area contributed by atoms with Gasteiger partial charge in [-0.2, -0.15) is 0 Å². The summed E-state index contributed by atoms with van der Waals surface area (Å²) in [4.78, 5) is 0. The van der Waals surface area contributed by atoms with Gasteiger partial charge >= 0.3 is 0 Å². The average Bonchev–Trinajstić information content (AvgIpc) is 2.17. The van der Waals surface area contributed by atoms with Crippen LogP contribution in [0.1, 0.15) is 11.5 Å². The second kappa shape index (κ2) is 4.87. The van der Waals surface area contributed by atoms with Crippen LogP contribution in [0.5, 0.6) is 0 Å². The monoisotopic (exact) mass is 486 g/mol. The minimum absolute atomic E-state index is 0.111. The van der Waals surface area contributed by atoms with Gasteiger partial charge in [-0.05, 0) is 11.6 Å². The molecule has 1 aromatic rings. The van der Waals surface area contributed by atoms with Crippen LogP contribution in [-0.2, 0) is 0 Å². The molecule has 2 rings (SSSR count). The lowest BCUT2D eigenvalue weighted by atomic mass is 9.95. The van der Waals surface area contributed by atoms with Crippen molar-refractivity contribution in [2.24, 2.45) is 0 Å². The minimum atomic E-state index is 0.111. The molecule has 0 aromatic heterocycles. The Kier molecular flexibility index (Phi) is 3.93. The zero-order valence-electron chi connectivity index (χ0n) is 7.83. The van der Waals surface area contributed by atoms with Crippen molar-refractivity contribution in [2.45, 2.75) is 7.35 Å². The van der Waals surface area contributed by atoms with Crippen molar-refractivity contribution in [1.82, 2.24) is 0 Å². The van der Waals surface area contributed by atoms with E-state index in [4.69, 9.17) is 0 Å². The number of hydrogen-bond donors (Lipinski definition) is 0. The third-order valence-corrected chi connectivity index (χ3v) is 4.36. The fourth-order valence-corrected chi connectivity index (χ4v) is 4.29. The molecule has 0 fully saturated rings. The van der Waals surface area contributed by atoms with Gasteiger partial charge in [0.15, 0.2) is 0 Å². The van der Waals surface area contributed by atoms with Crippen molar-refractivity contribution >= 4 is 61.1 Å². The van der Waals surface area contributed by atoms with Gasteiger partial charge in [-0.1, -0.05) is 104 Å². The molecule has 1 unspecified atom stereocenters. The molecule has 1 aromatic carbocycles. The molecule has 0 saturated heterocycles. The van der Waals surface area contributed by atoms with Crippen LogP contribution in [0.2, 0.25) is 0 Å². The highest BCUT2D eigenvalue weighted by atomic mass is 127. The second-order valence-electron chi connectivity index (χ2n) is 3.45. The molecule has 15 heavy (non-hydrogen) atoms. The van der Waals surface area contributed by atoms with Gasteiger partial charge in [-0.25, -0.2) is 0 Å². The van der Waals surface area contributed by atoms with E-state index in [0.717, 1.165) is 0 Å². The molecule has 0 N–H and O–H groups in total. The minimum Gasteiger partial charge on any atom is -0.0737 e. The van der Waals surface area contributed by atoms with Crippen molar-refractivity contribution < 1.29 is 0 Å². The Morgan fingerprint density at radius 3 is 2.40 bits per heavy atom. The molecule has 0 bridgehead atoms. The Balaban J connectivity index is 2.32. The molecular weight excluding hydrogens is 478 g/mol. The quantitative estimate of drug-likeness (QED) is 0.291. The van der Waals surface area contributed by atoms with Gasteiger partial charge in [0, 0.05) is 10.4 Å². The van der Waals surface area contributed by atoms with Gasteiger partial charge in [0.05, 0.1) is 0 Å². The van der Waals surface area contributed by atoms with Crippen LogP contribution in [-0.4, -0.2) is 1.43 Å². The Morgan fingerprint density at radius 1 is 1.13 bits per heavy atom. The third-order valence-electron chi connectivity index (χ3n) is 2.30. The predicted octanol–water partition coefficient (Wildman–Crippen LogP) is 5.19. The first-order chi connectivity index (χ1) is 7.08. The van der Waals surface area contributed by atoms with E-state index in [0.29, 0.717) is 5.92 Å². The first-order valence-electron chi connectivity index (χ1n) is 4.59. The fourth-order valence-electron chi connectivity index (χ4n) is 1.57. The summed E-state index contributed by atoms with van der Waals surface area (Å²) < 4.78 is 1.36. The molecule has 0 heterocycles. The van der Waals surface area contributed by atoms with Crippen molar-refractivity contribution in [3.05, 3.63) is 58.6 Å². The molecule has 1 aliphatic carbocycles. The highest BCUT2D eigenvalue weighted by Crippen LogP contribution is 2.42. The van der Waals surface area contributed by atoms with Gasteiger partial charge in [-0.15, -0.1) is 0 Å². The van der Waals surface area contributed by atoms with Crippen molar-refractivity contribution in [2.75, 3.05) is 0 Å². The van der Waals surface area contributed by atoms with E-state index in [-0.39, 0.29) is 1.43 Å². The van der Waals surface area contributed by atoms with Crippen LogP contribution in [0.4, 0.5) is 0 Å². The zero-order chi connectivity index (χ0) is 10.9. The maximum Gasteiger partial charge on any atom is 0.110 e. The fraction of sp³-hybridized carbons (Fsp3) is 0.167. The summed E-state index contributed by atoms with van der Waals surface area (Å²) in [5.74, 6) is 0.379. The van der Waals surface area contributed by atoms with E-state index < -0.39 is 0 Å². The molecule has 0 nitrogen and oxygen atoms in total. The van der Waals surface area contributed by atoms with Crippen LogP contribution in [0.25, 0.3) is 0 Å². The topological polar surface area (TPSA) is 0 Å². The second-order valence-corrected chi connectivity index (χ2v) is 10.0. The maximum absolute atomic E-state index is 3.67. The summed E-state index contributed by atoms with van der Waals surface area (Å²) >= 11 is 8.53. The lowest BCUT2D eigenvalue weighted by Crippen LogP contribution is -2.10. The van der Waals surface area contributed by atoms with Crippen LogP contribution < -0.4 is 0 Å². The number of halogens is 3. The Labute approximate surface area is 126 Å². The van der Waals surface area contributed by atoms with E-state index in [1.165, 1.54) is 10.0 Å². The number of hydrogen-bond acceptors (Lipinski definition) is 0. The van der Waals surface area contributed by atoms with Gasteiger partial charge in [0.1, 0.15) is 1.43 Å². The summed E-state index contributed by atoms with van der Waals surface area (Å²) in [6.07, 6.45) is 6.76. The van der Waals surface area contributed by atoms with E-state index in [1.54, 1.807) is 0 Å². The molecule has 78 valence electrons. The number of rotatable bonds is 1. The molecule has 0 spiro atoms. The van der Waals surface area contributed by atoms with Crippen molar-refractivity contribution in [1.29, 1.82) is 0 Å². The smallest absolute Gasteiger partial charge is 0.0737 e. The first-order valence-corrected chi connectivity index (χ1v) is 7.54. The van der Waals surface area contributed by atoms with Crippen LogP contribution in [0, 0.1) is 0 Å². The van der Waals surface area contributed by atoms with Crippen LogP contribution in [0.3, 0.4) is 0 Å². The highest BCUT2D eigenvalue weighted by molar-refractivity contribution is 14.2. The summed E-state index contributed by atoms with van der Waals surface area (Å²) in [5, 5.41) is 0. The van der Waals surface area contributed by atoms with E-state index in [9.17, 15) is 0 Å². The molecule has 0 aliphatic heterocycles. The SMILES string of the molecule is BrC1=CC(I)(I)C=CC1c1ccccc1. The first kappa shape index (κ1) is 12.1. The summed E-state index contributed by atoms with van der Waals surface area (Å²) in [6.45, 7) is 0. The summed E-state index contributed by atoms with van der Waals surface area (Å²) in [7, 11) is 0. The summed E-state index contributed by atoms with van der Waals surface area (Å²) in [5.41, 5.74) is 1.33. The number of allylic oxidation sites excluding steroid dienone is 4. The van der Waals surface area contributed by atoms with Gasteiger partial charge in [0.25, 0.3) is 0 Å². The Hall–Kier alpha value is 0.640. The number of benzene rings is 1. The normalized spacial score (nSPS) is 23.7. The lowest BCUT2D eigenvalue weighted by Gasteiger charge is -2.22. The van der Waals surface area contributed by atoms with Crippen molar-refractivity contribution in [3.8, 4) is 0 Å². The predicted molar refractivity (Wildman–Crippen MR) is 86.1 cm³/mol. The molecular formula is C12H9BrI2. The van der Waals surface area contributed by atoms with E-state index >= 15 is 0 Å². The largest absolute Gasteiger partial charge is 0.110 e. The van der Waals surface area contributed by atoms with E-state index in [1.807, 2.05) is 0 Å². The lowest BCUT2D eigenvalue weighted by molar-refractivity contribution is 1.03. The summed E-state index contributed by atoms with van der Waals surface area (Å²) in [6, 6.07) is 10.5. The maximum atomic E-state index is 3.67. The van der Waals surface area contributed by atoms with Gasteiger partial charge < -0.3 is 0 Å². The highest BCUT2D eigenvalue weighted by Gasteiger charge is 2.24. The van der Waals surface area contributed by atoms with Crippen molar-refractivity contribution in [3.63, 3.8) is 0 Å². The molecule has 1 atom stereocenters. The van der Waals surface area contributed by atoms with Crippen LogP contribution in [0.15, 0.2) is 53.0 Å². The molecule has 1 aliphatic rings. The van der Waals surface area contributed by atoms with Gasteiger partial charge in [-0.3, -0.25) is 0 Å². The zero-order valence-corrected chi connectivity index (χ0v) is 13.7.